The van der Waals surface area contributed by atoms with Gasteiger partial charge in [0.15, 0.2) is 5.84 Å². The van der Waals surface area contributed by atoms with Gasteiger partial charge in [0.25, 0.3) is 0 Å². The van der Waals surface area contributed by atoms with Gasteiger partial charge in [-0.1, -0.05) is 165 Å². The van der Waals surface area contributed by atoms with Crippen LogP contribution in [0.1, 0.15) is 36.2 Å². The second-order valence-electron chi connectivity index (χ2n) is 13.4. The first-order chi connectivity index (χ1) is 26.2. The maximum atomic E-state index is 4.97. The van der Waals surface area contributed by atoms with E-state index in [0.29, 0.717) is 0 Å². The van der Waals surface area contributed by atoms with Gasteiger partial charge < -0.3 is 15.5 Å². The number of amidine groups is 2. The molecule has 0 spiro atoms. The Morgan fingerprint density at radius 1 is 0.491 bits per heavy atom. The molecule has 5 nitrogen and oxygen atoms in total. The Labute approximate surface area is 311 Å². The quantitative estimate of drug-likeness (QED) is 0.167. The van der Waals surface area contributed by atoms with Gasteiger partial charge in [0.2, 0.25) is 0 Å². The molecule has 0 fully saturated rings. The van der Waals surface area contributed by atoms with E-state index in [2.05, 4.69) is 168 Å². The molecule has 0 aromatic heterocycles. The fourth-order valence-corrected chi connectivity index (χ4v) is 7.39. The van der Waals surface area contributed by atoms with Crippen molar-refractivity contribution in [3.63, 3.8) is 0 Å². The van der Waals surface area contributed by atoms with Crippen LogP contribution in [0.3, 0.4) is 0 Å². The number of rotatable bonds is 8. The highest BCUT2D eigenvalue weighted by atomic mass is 15.3. The average molecular weight is 686 g/mol. The first-order valence-electron chi connectivity index (χ1n) is 18.3. The van der Waals surface area contributed by atoms with Crippen LogP contribution in [-0.4, -0.2) is 17.8 Å². The summed E-state index contributed by atoms with van der Waals surface area (Å²) in [6.07, 6.45) is 1.03. The highest BCUT2D eigenvalue weighted by Crippen LogP contribution is 2.42. The molecule has 0 aliphatic carbocycles. The molecular formula is C48H39N5. The van der Waals surface area contributed by atoms with Gasteiger partial charge in [0, 0.05) is 16.8 Å². The monoisotopic (exact) mass is 685 g/mol. The van der Waals surface area contributed by atoms with Gasteiger partial charge in [-0.2, -0.15) is 0 Å². The summed E-state index contributed by atoms with van der Waals surface area (Å²) < 4.78 is 0. The minimum Gasteiger partial charge on any atom is -0.363 e. The van der Waals surface area contributed by atoms with Gasteiger partial charge in [-0.25, -0.2) is 9.98 Å². The van der Waals surface area contributed by atoms with Crippen LogP contribution in [-0.2, 0) is 0 Å². The van der Waals surface area contributed by atoms with E-state index in [0.717, 1.165) is 40.3 Å². The number of hydrogen-bond donors (Lipinski definition) is 2. The molecule has 2 aliphatic rings. The molecule has 2 unspecified atom stereocenters. The third kappa shape index (κ3) is 6.38. The average Bonchev–Trinajstić information content (AvgIpc) is 3.63. The maximum Gasteiger partial charge on any atom is 0.159 e. The van der Waals surface area contributed by atoms with Crippen molar-refractivity contribution < 1.29 is 0 Å². The number of anilines is 3. The summed E-state index contributed by atoms with van der Waals surface area (Å²) in [6, 6.07) is 64.3. The molecular weight excluding hydrogens is 647 g/mol. The fraction of sp³-hybridized carbons (Fsp3) is 0.0833. The summed E-state index contributed by atoms with van der Waals surface area (Å²) in [5.74, 6) is 1.54. The second kappa shape index (κ2) is 14.1. The third-order valence-electron chi connectivity index (χ3n) is 10.1. The van der Waals surface area contributed by atoms with E-state index in [-0.39, 0.29) is 12.3 Å². The first kappa shape index (κ1) is 32.2. The fourth-order valence-electron chi connectivity index (χ4n) is 7.39. The predicted molar refractivity (Wildman–Crippen MR) is 221 cm³/mol. The molecule has 0 saturated heterocycles. The Bertz CT molecular complexity index is 2420. The standard InChI is InChI=1S/C48H39N5/c1-2-45-49-43-19-11-12-20-44(43)53(45)40-31-29-36(30-32-40)42-18-10-9-17-41(42)35-25-21-33(22-26-35)34-23-27-39(28-24-34)48-51-46(37-13-5-3-6-14-37)50-47(52-48)38-15-7-4-8-16-38/h3-32,45-46,49H,2H2,1H3,(H,50,51,52). The lowest BCUT2D eigenvalue weighted by Crippen LogP contribution is -2.33. The van der Waals surface area contributed by atoms with Crippen LogP contribution in [0.15, 0.2) is 192 Å². The topological polar surface area (TPSA) is 52.0 Å². The molecule has 2 N–H and O–H groups in total. The van der Waals surface area contributed by atoms with Crippen molar-refractivity contribution in [3.8, 4) is 33.4 Å². The summed E-state index contributed by atoms with van der Waals surface area (Å²) in [5.41, 5.74) is 13.9. The van der Waals surface area contributed by atoms with Crippen molar-refractivity contribution in [2.24, 2.45) is 9.98 Å². The maximum absolute atomic E-state index is 4.97. The minimum absolute atomic E-state index is 0.222. The zero-order chi connectivity index (χ0) is 35.6. The van der Waals surface area contributed by atoms with Crippen molar-refractivity contribution in [1.82, 2.24) is 5.32 Å². The molecule has 256 valence electrons. The van der Waals surface area contributed by atoms with Crippen molar-refractivity contribution >= 4 is 28.7 Å². The first-order valence-corrected chi connectivity index (χ1v) is 18.3. The van der Waals surface area contributed by atoms with E-state index >= 15 is 0 Å². The van der Waals surface area contributed by atoms with Crippen LogP contribution in [0, 0.1) is 0 Å². The molecule has 0 radical (unpaired) electrons. The van der Waals surface area contributed by atoms with E-state index in [9.17, 15) is 0 Å². The Morgan fingerprint density at radius 3 is 1.66 bits per heavy atom. The molecule has 2 atom stereocenters. The molecule has 2 heterocycles. The SMILES string of the molecule is CCC1Nc2ccccc2N1c1ccc(-c2ccccc2-c2ccc(-c3ccc(C4=NC(c5ccccc5)=NC(c5ccccc5)N4)cc3)cc2)cc1. The molecule has 7 aromatic carbocycles. The number of fused-ring (bicyclic) bond motifs is 1. The van der Waals surface area contributed by atoms with Crippen molar-refractivity contribution in [2.75, 3.05) is 10.2 Å². The number of nitrogens with zero attached hydrogens (tertiary/aromatic N) is 3. The van der Waals surface area contributed by atoms with Crippen molar-refractivity contribution in [1.29, 1.82) is 0 Å². The van der Waals surface area contributed by atoms with E-state index in [4.69, 9.17) is 9.98 Å². The lowest BCUT2D eigenvalue weighted by molar-refractivity contribution is 0.674. The number of para-hydroxylation sites is 2. The molecule has 53 heavy (non-hydrogen) atoms. The van der Waals surface area contributed by atoms with E-state index < -0.39 is 0 Å². The lowest BCUT2D eigenvalue weighted by Gasteiger charge is -2.26. The third-order valence-corrected chi connectivity index (χ3v) is 10.1. The molecule has 7 aromatic rings. The Hall–Kier alpha value is -6.72. The van der Waals surface area contributed by atoms with Crippen molar-refractivity contribution in [2.45, 2.75) is 25.7 Å². The van der Waals surface area contributed by atoms with Crippen molar-refractivity contribution in [3.05, 3.63) is 199 Å². The molecule has 2 aliphatic heterocycles. The Morgan fingerprint density at radius 2 is 1.02 bits per heavy atom. The van der Waals surface area contributed by atoms with Gasteiger partial charge in [-0.3, -0.25) is 0 Å². The smallest absolute Gasteiger partial charge is 0.159 e. The zero-order valence-electron chi connectivity index (χ0n) is 29.5. The van der Waals surface area contributed by atoms with Gasteiger partial charge in [0.1, 0.15) is 18.2 Å². The van der Waals surface area contributed by atoms with Crippen LogP contribution in [0.5, 0.6) is 0 Å². The zero-order valence-corrected chi connectivity index (χ0v) is 29.5. The highest BCUT2D eigenvalue weighted by molar-refractivity contribution is 6.13. The number of hydrogen-bond acceptors (Lipinski definition) is 5. The van der Waals surface area contributed by atoms with Gasteiger partial charge in [-0.15, -0.1) is 0 Å². The Balaban J connectivity index is 0.955. The van der Waals surface area contributed by atoms with E-state index in [1.54, 1.807) is 0 Å². The predicted octanol–water partition coefficient (Wildman–Crippen LogP) is 11.5. The van der Waals surface area contributed by atoms with Crippen LogP contribution in [0.4, 0.5) is 17.1 Å². The van der Waals surface area contributed by atoms with Gasteiger partial charge >= 0.3 is 0 Å². The number of nitrogens with one attached hydrogen (secondary N) is 2. The van der Waals surface area contributed by atoms with Crippen LogP contribution in [0.25, 0.3) is 33.4 Å². The molecule has 0 amide bonds. The van der Waals surface area contributed by atoms with E-state index in [1.165, 1.54) is 44.9 Å². The highest BCUT2D eigenvalue weighted by Gasteiger charge is 2.28. The summed E-state index contributed by atoms with van der Waals surface area (Å²) in [6.45, 7) is 2.23. The molecule has 5 heteroatoms. The molecule has 0 saturated carbocycles. The summed E-state index contributed by atoms with van der Waals surface area (Å²) in [4.78, 5) is 12.3. The van der Waals surface area contributed by atoms with Crippen LogP contribution in [0.2, 0.25) is 0 Å². The number of benzene rings is 7. The van der Waals surface area contributed by atoms with Gasteiger partial charge in [-0.05, 0) is 69.6 Å². The Kier molecular flexibility index (Phi) is 8.58. The summed E-state index contributed by atoms with van der Waals surface area (Å²) in [7, 11) is 0. The minimum atomic E-state index is -0.222. The second-order valence-corrected chi connectivity index (χ2v) is 13.4. The lowest BCUT2D eigenvalue weighted by atomic mass is 9.93. The molecule has 0 bridgehead atoms. The van der Waals surface area contributed by atoms with E-state index in [1.807, 2.05) is 36.4 Å². The normalized spacial score (nSPS) is 16.2. The van der Waals surface area contributed by atoms with Crippen LogP contribution < -0.4 is 15.5 Å². The molecule has 9 rings (SSSR count). The van der Waals surface area contributed by atoms with Crippen LogP contribution >= 0.6 is 0 Å². The summed E-state index contributed by atoms with van der Waals surface area (Å²) >= 11 is 0. The number of aliphatic imine (C=N–C) groups is 2. The van der Waals surface area contributed by atoms with Gasteiger partial charge in [0.05, 0.1) is 11.4 Å². The summed E-state index contributed by atoms with van der Waals surface area (Å²) in [5, 5.41) is 7.24. The largest absolute Gasteiger partial charge is 0.363 e.